The van der Waals surface area contributed by atoms with E-state index in [9.17, 15) is 0 Å². The van der Waals surface area contributed by atoms with Crippen LogP contribution in [0, 0.1) is 13.8 Å². The summed E-state index contributed by atoms with van der Waals surface area (Å²) in [6.07, 6.45) is 2.05. The molecular formula is C30H22N4. The van der Waals surface area contributed by atoms with E-state index in [2.05, 4.69) is 118 Å². The Hall–Kier alpha value is -4.44. The normalized spacial score (nSPS) is 11.8. The molecule has 0 aliphatic heterocycles. The summed E-state index contributed by atoms with van der Waals surface area (Å²) in [4.78, 5) is 0. The second-order valence-corrected chi connectivity index (χ2v) is 9.04. The molecule has 7 rings (SSSR count). The van der Waals surface area contributed by atoms with Gasteiger partial charge in [-0.3, -0.25) is 4.40 Å². The number of fused-ring (bicyclic) bond motifs is 6. The third kappa shape index (κ3) is 2.72. The summed E-state index contributed by atoms with van der Waals surface area (Å²) >= 11 is 0. The van der Waals surface area contributed by atoms with Crippen LogP contribution in [0.15, 0.2) is 97.2 Å². The molecule has 0 N–H and O–H groups in total. The van der Waals surface area contributed by atoms with Crippen molar-refractivity contribution in [3.05, 3.63) is 108 Å². The van der Waals surface area contributed by atoms with E-state index < -0.39 is 0 Å². The Bertz CT molecular complexity index is 1810. The van der Waals surface area contributed by atoms with E-state index in [0.29, 0.717) is 0 Å². The van der Waals surface area contributed by atoms with Crippen LogP contribution in [0.3, 0.4) is 0 Å². The highest BCUT2D eigenvalue weighted by Gasteiger charge is 2.14. The lowest BCUT2D eigenvalue weighted by atomic mass is 10.1. The van der Waals surface area contributed by atoms with Crippen LogP contribution in [0.2, 0.25) is 0 Å². The third-order valence-corrected chi connectivity index (χ3v) is 6.76. The highest BCUT2D eigenvalue weighted by molar-refractivity contribution is 6.09. The van der Waals surface area contributed by atoms with Gasteiger partial charge in [0.25, 0.3) is 0 Å². The van der Waals surface area contributed by atoms with Gasteiger partial charge in [0.1, 0.15) is 0 Å². The van der Waals surface area contributed by atoms with Crippen LogP contribution in [-0.2, 0) is 0 Å². The molecule has 3 aromatic heterocycles. The lowest BCUT2D eigenvalue weighted by Gasteiger charge is -2.09. The highest BCUT2D eigenvalue weighted by Crippen LogP contribution is 2.34. The first-order valence-electron chi connectivity index (χ1n) is 11.5. The van der Waals surface area contributed by atoms with Gasteiger partial charge in [-0.1, -0.05) is 47.5 Å². The molecular weight excluding hydrogens is 416 g/mol. The number of hydrogen-bond donors (Lipinski definition) is 0. The fraction of sp³-hybridized carbons (Fsp3) is 0.0667. The predicted octanol–water partition coefficient (Wildman–Crippen LogP) is 7.26. The molecule has 0 fully saturated rings. The van der Waals surface area contributed by atoms with Crippen molar-refractivity contribution >= 4 is 38.2 Å². The SMILES string of the molecule is Cc1ccc2c(c1)c1cc(C)ccc1n2-c1ccc(-c2nnc3c4ccccc4ccn23)cc1. The molecule has 34 heavy (non-hydrogen) atoms. The van der Waals surface area contributed by atoms with E-state index in [-0.39, 0.29) is 0 Å². The summed E-state index contributed by atoms with van der Waals surface area (Å²) in [7, 11) is 0. The number of rotatable bonds is 2. The van der Waals surface area contributed by atoms with Gasteiger partial charge >= 0.3 is 0 Å². The number of pyridine rings is 1. The Morgan fingerprint density at radius 1 is 0.618 bits per heavy atom. The van der Waals surface area contributed by atoms with E-state index in [4.69, 9.17) is 0 Å². The summed E-state index contributed by atoms with van der Waals surface area (Å²) in [6.45, 7) is 4.30. The summed E-state index contributed by atoms with van der Waals surface area (Å²) in [5.41, 5.74) is 8.04. The van der Waals surface area contributed by atoms with Crippen molar-refractivity contribution in [1.82, 2.24) is 19.2 Å². The largest absolute Gasteiger partial charge is 0.309 e. The maximum atomic E-state index is 4.53. The van der Waals surface area contributed by atoms with Crippen LogP contribution >= 0.6 is 0 Å². The first kappa shape index (κ1) is 19.1. The van der Waals surface area contributed by atoms with E-state index >= 15 is 0 Å². The van der Waals surface area contributed by atoms with Crippen LogP contribution < -0.4 is 0 Å². The zero-order valence-corrected chi connectivity index (χ0v) is 19.0. The zero-order valence-electron chi connectivity index (χ0n) is 19.0. The van der Waals surface area contributed by atoms with Crippen LogP contribution in [0.1, 0.15) is 11.1 Å². The third-order valence-electron chi connectivity index (χ3n) is 6.76. The maximum Gasteiger partial charge on any atom is 0.168 e. The predicted molar refractivity (Wildman–Crippen MR) is 140 cm³/mol. The molecule has 0 radical (unpaired) electrons. The molecule has 0 bridgehead atoms. The van der Waals surface area contributed by atoms with E-state index in [0.717, 1.165) is 28.1 Å². The molecule has 0 amide bonds. The molecule has 4 heteroatoms. The number of hydrogen-bond acceptors (Lipinski definition) is 2. The smallest absolute Gasteiger partial charge is 0.168 e. The number of nitrogens with zero attached hydrogens (tertiary/aromatic N) is 4. The topological polar surface area (TPSA) is 35.1 Å². The molecule has 0 saturated heterocycles. The Balaban J connectivity index is 1.40. The van der Waals surface area contributed by atoms with Gasteiger partial charge in [-0.2, -0.15) is 0 Å². The Morgan fingerprint density at radius 2 is 1.29 bits per heavy atom. The van der Waals surface area contributed by atoms with Gasteiger partial charge in [0.05, 0.1) is 11.0 Å². The van der Waals surface area contributed by atoms with Crippen LogP contribution in [0.4, 0.5) is 0 Å². The fourth-order valence-electron chi connectivity index (χ4n) is 5.10. The Labute approximate surface area is 196 Å². The first-order chi connectivity index (χ1) is 16.7. The van der Waals surface area contributed by atoms with Crippen LogP contribution in [0.5, 0.6) is 0 Å². The molecule has 3 heterocycles. The molecule has 0 aliphatic rings. The highest BCUT2D eigenvalue weighted by atomic mass is 15.2. The first-order valence-corrected chi connectivity index (χ1v) is 11.5. The molecule has 0 aliphatic carbocycles. The maximum absolute atomic E-state index is 4.53. The molecule has 0 unspecified atom stereocenters. The van der Waals surface area contributed by atoms with Gasteiger partial charge in [-0.25, -0.2) is 0 Å². The minimum atomic E-state index is 0.848. The van der Waals surface area contributed by atoms with Crippen molar-refractivity contribution in [3.63, 3.8) is 0 Å². The van der Waals surface area contributed by atoms with Crippen LogP contribution in [0.25, 0.3) is 55.3 Å². The van der Waals surface area contributed by atoms with Crippen LogP contribution in [-0.4, -0.2) is 19.2 Å². The standard InChI is InChI=1S/C30H22N4/c1-19-7-13-27-25(17-19)26-18-20(2)8-14-28(26)34(27)23-11-9-22(10-12-23)29-31-32-30-24-6-4-3-5-21(24)15-16-33(29)30/h3-18H,1-2H3. The van der Waals surface area contributed by atoms with Gasteiger partial charge < -0.3 is 4.57 Å². The Morgan fingerprint density at radius 3 is 2.00 bits per heavy atom. The molecule has 0 spiro atoms. The quantitative estimate of drug-likeness (QED) is 0.285. The van der Waals surface area contributed by atoms with Crippen molar-refractivity contribution in [3.8, 4) is 17.1 Å². The second kappa shape index (κ2) is 7.03. The van der Waals surface area contributed by atoms with Gasteiger partial charge in [0.15, 0.2) is 11.5 Å². The van der Waals surface area contributed by atoms with Gasteiger partial charge in [0.2, 0.25) is 0 Å². The monoisotopic (exact) mass is 438 g/mol. The fourth-order valence-corrected chi connectivity index (χ4v) is 5.10. The van der Waals surface area contributed by atoms with Crippen molar-refractivity contribution in [1.29, 1.82) is 0 Å². The number of benzene rings is 4. The summed E-state index contributed by atoms with van der Waals surface area (Å²) < 4.78 is 4.42. The van der Waals surface area contributed by atoms with Crippen molar-refractivity contribution < 1.29 is 0 Å². The van der Waals surface area contributed by atoms with E-state index in [1.165, 1.54) is 38.3 Å². The second-order valence-electron chi connectivity index (χ2n) is 9.04. The number of aromatic nitrogens is 4. The van der Waals surface area contributed by atoms with Crippen molar-refractivity contribution in [2.24, 2.45) is 0 Å². The van der Waals surface area contributed by atoms with E-state index in [1.807, 2.05) is 12.1 Å². The van der Waals surface area contributed by atoms with Gasteiger partial charge in [-0.15, -0.1) is 10.2 Å². The summed E-state index contributed by atoms with van der Waals surface area (Å²) in [5.74, 6) is 0.848. The average molecular weight is 439 g/mol. The summed E-state index contributed by atoms with van der Waals surface area (Å²) in [6, 6.07) is 32.4. The average Bonchev–Trinajstić information content (AvgIpc) is 3.43. The molecule has 0 atom stereocenters. The number of aryl methyl sites for hydroxylation is 2. The zero-order chi connectivity index (χ0) is 22.8. The minimum Gasteiger partial charge on any atom is -0.309 e. The van der Waals surface area contributed by atoms with Gasteiger partial charge in [0, 0.05) is 33.6 Å². The molecule has 4 nitrogen and oxygen atoms in total. The van der Waals surface area contributed by atoms with E-state index in [1.54, 1.807) is 0 Å². The molecule has 162 valence electrons. The molecule has 7 aromatic rings. The lowest BCUT2D eigenvalue weighted by Crippen LogP contribution is -1.95. The van der Waals surface area contributed by atoms with Crippen molar-refractivity contribution in [2.45, 2.75) is 13.8 Å². The molecule has 0 saturated carbocycles. The van der Waals surface area contributed by atoms with Crippen molar-refractivity contribution in [2.75, 3.05) is 0 Å². The summed E-state index contributed by atoms with van der Waals surface area (Å²) in [5, 5.41) is 13.9. The molecule has 4 aromatic carbocycles. The lowest BCUT2D eigenvalue weighted by molar-refractivity contribution is 1.11. The Kier molecular flexibility index (Phi) is 3.94. The minimum absolute atomic E-state index is 0.848. The van der Waals surface area contributed by atoms with Gasteiger partial charge in [-0.05, 0) is 73.8 Å².